The molecule has 1 heterocycles. The Morgan fingerprint density at radius 2 is 1.95 bits per heavy atom. The van der Waals surface area contributed by atoms with Gasteiger partial charge < -0.3 is 15.0 Å². The Balaban J connectivity index is 1.95. The van der Waals surface area contributed by atoms with Crippen LogP contribution in [-0.2, 0) is 6.42 Å². The fourth-order valence-electron chi connectivity index (χ4n) is 2.07. The molecule has 0 fully saturated rings. The molecule has 0 radical (unpaired) electrons. The summed E-state index contributed by atoms with van der Waals surface area (Å²) in [4.78, 5) is 4.42. The lowest BCUT2D eigenvalue weighted by molar-refractivity contribution is 0.373. The second kappa shape index (κ2) is 7.65. The molecule has 2 rings (SSSR count). The quantitative estimate of drug-likeness (QED) is 0.750. The fraction of sp³-hybridized carbons (Fsp3) is 0.467. The van der Waals surface area contributed by atoms with E-state index in [0.29, 0.717) is 11.7 Å². The van der Waals surface area contributed by atoms with Crippen molar-refractivity contribution in [1.82, 2.24) is 10.1 Å². The van der Waals surface area contributed by atoms with Gasteiger partial charge >= 0.3 is 0 Å². The molecule has 0 saturated carbocycles. The largest absolute Gasteiger partial charge is 0.496 e. The van der Waals surface area contributed by atoms with Gasteiger partial charge in [0.25, 0.3) is 0 Å². The third kappa shape index (κ3) is 3.81. The van der Waals surface area contributed by atoms with Crippen LogP contribution in [0.3, 0.4) is 0 Å². The first kappa shape index (κ1) is 14.5. The maximum atomic E-state index is 5.46. The molecule has 0 aliphatic heterocycles. The molecule has 0 bridgehead atoms. The van der Waals surface area contributed by atoms with Crippen LogP contribution in [0.1, 0.15) is 31.6 Å². The third-order valence-electron chi connectivity index (χ3n) is 3.16. The maximum Gasteiger partial charge on any atom is 0.226 e. The fourth-order valence-corrected chi connectivity index (χ4v) is 2.07. The minimum Gasteiger partial charge on any atom is -0.496 e. The lowest BCUT2D eigenvalue weighted by Crippen LogP contribution is -1.97. The number of nitrogens with two attached hydrogens (primary N) is 1. The predicted octanol–water partition coefficient (Wildman–Crippen LogP) is 2.81. The van der Waals surface area contributed by atoms with Crippen LogP contribution in [0.25, 0.3) is 11.4 Å². The SMILES string of the molecule is COc1ccccc1-c1noc(CCCCCCN)n1. The van der Waals surface area contributed by atoms with Crippen LogP contribution in [0.4, 0.5) is 0 Å². The number of aromatic nitrogens is 2. The van der Waals surface area contributed by atoms with E-state index in [4.69, 9.17) is 15.0 Å². The van der Waals surface area contributed by atoms with E-state index in [2.05, 4.69) is 10.1 Å². The minimum atomic E-state index is 0.583. The molecule has 0 spiro atoms. The van der Waals surface area contributed by atoms with Crippen molar-refractivity contribution < 1.29 is 9.26 Å². The monoisotopic (exact) mass is 275 g/mol. The van der Waals surface area contributed by atoms with Gasteiger partial charge in [-0.05, 0) is 31.5 Å². The van der Waals surface area contributed by atoms with E-state index in [-0.39, 0.29) is 0 Å². The van der Waals surface area contributed by atoms with Gasteiger partial charge in [0, 0.05) is 6.42 Å². The molecule has 1 aromatic heterocycles. The first-order valence-electron chi connectivity index (χ1n) is 7.01. The van der Waals surface area contributed by atoms with Crippen molar-refractivity contribution in [1.29, 1.82) is 0 Å². The summed E-state index contributed by atoms with van der Waals surface area (Å²) in [7, 11) is 1.64. The summed E-state index contributed by atoms with van der Waals surface area (Å²) in [5, 5.41) is 4.02. The van der Waals surface area contributed by atoms with Gasteiger partial charge in [0.1, 0.15) is 5.75 Å². The van der Waals surface area contributed by atoms with Crippen molar-refractivity contribution >= 4 is 0 Å². The number of unbranched alkanes of at least 4 members (excludes halogenated alkanes) is 3. The summed E-state index contributed by atoms with van der Waals surface area (Å²) in [6, 6.07) is 7.66. The predicted molar refractivity (Wildman–Crippen MR) is 77.5 cm³/mol. The van der Waals surface area contributed by atoms with Crippen LogP contribution in [0.15, 0.2) is 28.8 Å². The van der Waals surface area contributed by atoms with Crippen LogP contribution in [0.2, 0.25) is 0 Å². The Bertz CT molecular complexity index is 525. The first-order chi connectivity index (χ1) is 9.85. The molecule has 0 aliphatic rings. The number of methoxy groups -OCH3 is 1. The molecule has 0 saturated heterocycles. The molecular formula is C15H21N3O2. The molecular weight excluding hydrogens is 254 g/mol. The second-order valence-corrected chi connectivity index (χ2v) is 4.66. The van der Waals surface area contributed by atoms with E-state index in [1.807, 2.05) is 24.3 Å². The summed E-state index contributed by atoms with van der Waals surface area (Å²) >= 11 is 0. The number of ether oxygens (including phenoxy) is 1. The Kier molecular flexibility index (Phi) is 5.55. The lowest BCUT2D eigenvalue weighted by Gasteiger charge is -2.03. The highest BCUT2D eigenvalue weighted by Crippen LogP contribution is 2.27. The average Bonchev–Trinajstić information content (AvgIpc) is 2.95. The van der Waals surface area contributed by atoms with Crippen molar-refractivity contribution in [2.24, 2.45) is 5.73 Å². The number of rotatable bonds is 8. The smallest absolute Gasteiger partial charge is 0.226 e. The second-order valence-electron chi connectivity index (χ2n) is 4.66. The third-order valence-corrected chi connectivity index (χ3v) is 3.16. The van der Waals surface area contributed by atoms with E-state index in [1.165, 1.54) is 0 Å². The number of nitrogens with zero attached hydrogens (tertiary/aromatic N) is 2. The molecule has 0 aliphatic carbocycles. The highest BCUT2D eigenvalue weighted by Gasteiger charge is 2.12. The molecule has 2 N–H and O–H groups in total. The number of para-hydroxylation sites is 1. The number of hydrogen-bond donors (Lipinski definition) is 1. The molecule has 0 amide bonds. The van der Waals surface area contributed by atoms with Crippen LogP contribution >= 0.6 is 0 Å². The molecule has 20 heavy (non-hydrogen) atoms. The molecule has 2 aromatic rings. The number of benzene rings is 1. The van der Waals surface area contributed by atoms with Crippen molar-refractivity contribution in [3.8, 4) is 17.1 Å². The van der Waals surface area contributed by atoms with E-state index < -0.39 is 0 Å². The van der Waals surface area contributed by atoms with Crippen molar-refractivity contribution in [3.63, 3.8) is 0 Å². The van der Waals surface area contributed by atoms with Crippen LogP contribution in [0, 0.1) is 0 Å². The Morgan fingerprint density at radius 3 is 2.75 bits per heavy atom. The van der Waals surface area contributed by atoms with E-state index in [1.54, 1.807) is 7.11 Å². The van der Waals surface area contributed by atoms with Crippen molar-refractivity contribution in [2.45, 2.75) is 32.1 Å². The summed E-state index contributed by atoms with van der Waals surface area (Å²) in [5.74, 6) is 2.01. The van der Waals surface area contributed by atoms with Crippen LogP contribution < -0.4 is 10.5 Å². The minimum absolute atomic E-state index is 0.583. The summed E-state index contributed by atoms with van der Waals surface area (Å²) in [5.41, 5.74) is 6.32. The topological polar surface area (TPSA) is 74.2 Å². The van der Waals surface area contributed by atoms with Gasteiger partial charge in [0.05, 0.1) is 12.7 Å². The van der Waals surface area contributed by atoms with Gasteiger partial charge in [-0.25, -0.2) is 0 Å². The number of aryl methyl sites for hydroxylation is 1. The summed E-state index contributed by atoms with van der Waals surface area (Å²) in [6.07, 6.45) is 5.24. The van der Waals surface area contributed by atoms with Crippen LogP contribution in [-0.4, -0.2) is 23.8 Å². The van der Waals surface area contributed by atoms with Gasteiger partial charge in [-0.1, -0.05) is 30.1 Å². The molecule has 0 unspecified atom stereocenters. The van der Waals surface area contributed by atoms with Crippen LogP contribution in [0.5, 0.6) is 5.75 Å². The average molecular weight is 275 g/mol. The zero-order valence-electron chi connectivity index (χ0n) is 11.8. The Morgan fingerprint density at radius 1 is 1.15 bits per heavy atom. The normalized spacial score (nSPS) is 10.7. The van der Waals surface area contributed by atoms with Gasteiger partial charge in [0.15, 0.2) is 0 Å². The Labute approximate surface area is 119 Å². The highest BCUT2D eigenvalue weighted by atomic mass is 16.5. The van der Waals surface area contributed by atoms with E-state index in [9.17, 15) is 0 Å². The highest BCUT2D eigenvalue weighted by molar-refractivity contribution is 5.63. The van der Waals surface area contributed by atoms with Crippen molar-refractivity contribution in [2.75, 3.05) is 13.7 Å². The standard InChI is InChI=1S/C15H21N3O2/c1-19-13-9-6-5-8-12(13)15-17-14(20-18-15)10-4-2-3-7-11-16/h5-6,8-9H,2-4,7,10-11,16H2,1H3. The maximum absolute atomic E-state index is 5.46. The van der Waals surface area contributed by atoms with Gasteiger partial charge in [-0.3, -0.25) is 0 Å². The van der Waals surface area contributed by atoms with E-state index >= 15 is 0 Å². The molecule has 1 aromatic carbocycles. The number of hydrogen-bond acceptors (Lipinski definition) is 5. The summed E-state index contributed by atoms with van der Waals surface area (Å²) in [6.45, 7) is 0.762. The first-order valence-corrected chi connectivity index (χ1v) is 7.01. The molecule has 108 valence electrons. The molecule has 5 nitrogen and oxygen atoms in total. The van der Waals surface area contributed by atoms with Gasteiger partial charge in [-0.15, -0.1) is 0 Å². The van der Waals surface area contributed by atoms with Crippen molar-refractivity contribution in [3.05, 3.63) is 30.2 Å². The zero-order chi connectivity index (χ0) is 14.2. The van der Waals surface area contributed by atoms with E-state index in [0.717, 1.165) is 50.0 Å². The van der Waals surface area contributed by atoms with Gasteiger partial charge in [0.2, 0.25) is 11.7 Å². The van der Waals surface area contributed by atoms with Gasteiger partial charge in [-0.2, -0.15) is 4.98 Å². The molecule has 0 atom stereocenters. The summed E-state index contributed by atoms with van der Waals surface area (Å²) < 4.78 is 10.6. The zero-order valence-corrected chi connectivity index (χ0v) is 11.8. The lowest BCUT2D eigenvalue weighted by atomic mass is 10.1. The Hall–Kier alpha value is -1.88. The molecule has 5 heteroatoms.